The van der Waals surface area contributed by atoms with Crippen molar-refractivity contribution in [2.45, 2.75) is 39.2 Å². The van der Waals surface area contributed by atoms with Crippen LogP contribution in [0.2, 0.25) is 0 Å². The third-order valence-corrected chi connectivity index (χ3v) is 6.84. The van der Waals surface area contributed by atoms with E-state index in [0.717, 1.165) is 34.1 Å². The minimum absolute atomic E-state index is 0.120. The minimum atomic E-state index is -0.642. The molecule has 2 unspecified atom stereocenters. The SMILES string of the molecule is CC1CCc2c(sc3ncn(C(C)C(=O)Nc4ccc(Br)cc4)c(=O)c23)C1. The van der Waals surface area contributed by atoms with Crippen LogP contribution in [0, 0.1) is 5.92 Å². The number of aryl methyl sites for hydroxylation is 1. The van der Waals surface area contributed by atoms with Gasteiger partial charge in [-0.2, -0.15) is 0 Å². The van der Waals surface area contributed by atoms with E-state index in [-0.39, 0.29) is 11.5 Å². The lowest BCUT2D eigenvalue weighted by molar-refractivity contribution is -0.118. The van der Waals surface area contributed by atoms with E-state index >= 15 is 0 Å². The highest BCUT2D eigenvalue weighted by atomic mass is 79.9. The molecule has 2 heterocycles. The molecule has 1 aliphatic carbocycles. The Hall–Kier alpha value is -1.99. The highest BCUT2D eigenvalue weighted by Crippen LogP contribution is 2.35. The van der Waals surface area contributed by atoms with E-state index in [4.69, 9.17) is 0 Å². The summed E-state index contributed by atoms with van der Waals surface area (Å²) in [5.74, 6) is 0.404. The number of anilines is 1. The molecule has 0 fully saturated rings. The van der Waals surface area contributed by atoms with Gasteiger partial charge in [-0.3, -0.25) is 14.2 Å². The molecule has 1 aliphatic rings. The Morgan fingerprint density at radius 2 is 2.11 bits per heavy atom. The summed E-state index contributed by atoms with van der Waals surface area (Å²) in [4.78, 5) is 32.3. The van der Waals surface area contributed by atoms with Gasteiger partial charge in [0.05, 0.1) is 11.7 Å². The first-order valence-electron chi connectivity index (χ1n) is 9.02. The number of nitrogens with one attached hydrogen (secondary N) is 1. The van der Waals surface area contributed by atoms with Crippen molar-refractivity contribution in [3.63, 3.8) is 0 Å². The van der Waals surface area contributed by atoms with Gasteiger partial charge in [-0.05, 0) is 61.9 Å². The van der Waals surface area contributed by atoms with Crippen molar-refractivity contribution in [3.8, 4) is 0 Å². The molecule has 1 amide bonds. The average Bonchev–Trinajstić information content (AvgIpc) is 3.01. The van der Waals surface area contributed by atoms with Crippen LogP contribution in [-0.2, 0) is 17.6 Å². The number of nitrogens with zero attached hydrogens (tertiary/aromatic N) is 2. The van der Waals surface area contributed by atoms with Crippen molar-refractivity contribution in [2.24, 2.45) is 5.92 Å². The summed E-state index contributed by atoms with van der Waals surface area (Å²) >= 11 is 5.00. The zero-order valence-corrected chi connectivity index (χ0v) is 17.6. The molecular formula is C20H20BrN3O2S. The Labute approximate surface area is 169 Å². The summed E-state index contributed by atoms with van der Waals surface area (Å²) in [5.41, 5.74) is 1.71. The maximum Gasteiger partial charge on any atom is 0.263 e. The summed E-state index contributed by atoms with van der Waals surface area (Å²) in [6.07, 6.45) is 4.51. The molecule has 5 nitrogen and oxygen atoms in total. The number of fused-ring (bicyclic) bond motifs is 3. The summed E-state index contributed by atoms with van der Waals surface area (Å²) in [6, 6.07) is 6.71. The highest BCUT2D eigenvalue weighted by Gasteiger charge is 2.25. The van der Waals surface area contributed by atoms with Crippen LogP contribution in [-0.4, -0.2) is 15.5 Å². The number of thiophene rings is 1. The maximum atomic E-state index is 13.1. The fourth-order valence-corrected chi connectivity index (χ4v) is 5.13. The normalized spacial score (nSPS) is 17.5. The molecule has 0 bridgehead atoms. The summed E-state index contributed by atoms with van der Waals surface area (Å²) < 4.78 is 2.39. The molecule has 2 atom stereocenters. The van der Waals surface area contributed by atoms with Gasteiger partial charge in [0.15, 0.2) is 0 Å². The number of rotatable bonds is 3. The summed E-state index contributed by atoms with van der Waals surface area (Å²) in [5, 5.41) is 3.56. The molecule has 1 N–H and O–H groups in total. The monoisotopic (exact) mass is 445 g/mol. The molecule has 3 aromatic rings. The van der Waals surface area contributed by atoms with Crippen molar-refractivity contribution < 1.29 is 4.79 Å². The van der Waals surface area contributed by atoms with Gasteiger partial charge in [-0.15, -0.1) is 11.3 Å². The smallest absolute Gasteiger partial charge is 0.263 e. The third-order valence-electron chi connectivity index (χ3n) is 5.15. The Morgan fingerprint density at radius 1 is 1.37 bits per heavy atom. The van der Waals surface area contributed by atoms with Crippen LogP contribution in [0.4, 0.5) is 5.69 Å². The lowest BCUT2D eigenvalue weighted by atomic mass is 9.89. The first-order valence-corrected chi connectivity index (χ1v) is 10.6. The molecule has 2 aromatic heterocycles. The fourth-order valence-electron chi connectivity index (χ4n) is 3.53. The third kappa shape index (κ3) is 3.46. The van der Waals surface area contributed by atoms with Crippen molar-refractivity contribution in [1.29, 1.82) is 0 Å². The van der Waals surface area contributed by atoms with Gasteiger partial charge < -0.3 is 5.32 Å². The van der Waals surface area contributed by atoms with E-state index in [0.29, 0.717) is 17.0 Å². The number of hydrogen-bond donors (Lipinski definition) is 1. The van der Waals surface area contributed by atoms with Crippen molar-refractivity contribution in [1.82, 2.24) is 9.55 Å². The topological polar surface area (TPSA) is 64.0 Å². The number of amides is 1. The quantitative estimate of drug-likeness (QED) is 0.643. The van der Waals surface area contributed by atoms with Crippen LogP contribution in [0.25, 0.3) is 10.2 Å². The molecule has 0 spiro atoms. The van der Waals surface area contributed by atoms with E-state index < -0.39 is 6.04 Å². The molecule has 0 aliphatic heterocycles. The lowest BCUT2D eigenvalue weighted by Crippen LogP contribution is -2.32. The average molecular weight is 446 g/mol. The lowest BCUT2D eigenvalue weighted by Gasteiger charge is -2.18. The van der Waals surface area contributed by atoms with Gasteiger partial charge in [0.25, 0.3) is 5.56 Å². The zero-order chi connectivity index (χ0) is 19.1. The predicted molar refractivity (Wildman–Crippen MR) is 113 cm³/mol. The number of aromatic nitrogens is 2. The Morgan fingerprint density at radius 3 is 2.85 bits per heavy atom. The van der Waals surface area contributed by atoms with Crippen LogP contribution in [0.15, 0.2) is 39.9 Å². The van der Waals surface area contributed by atoms with Crippen molar-refractivity contribution >= 4 is 49.1 Å². The van der Waals surface area contributed by atoms with Gasteiger partial charge in [-0.25, -0.2) is 4.98 Å². The van der Waals surface area contributed by atoms with E-state index in [1.54, 1.807) is 18.3 Å². The molecule has 4 rings (SSSR count). The number of carbonyl (C=O) groups excluding carboxylic acids is 1. The van der Waals surface area contributed by atoms with Gasteiger partial charge in [0, 0.05) is 15.0 Å². The van der Waals surface area contributed by atoms with Crippen LogP contribution in [0.5, 0.6) is 0 Å². The number of hydrogen-bond acceptors (Lipinski definition) is 4. The largest absolute Gasteiger partial charge is 0.324 e. The minimum Gasteiger partial charge on any atom is -0.324 e. The van der Waals surface area contributed by atoms with Crippen LogP contribution in [0.1, 0.15) is 36.8 Å². The van der Waals surface area contributed by atoms with Gasteiger partial charge in [-0.1, -0.05) is 22.9 Å². The maximum absolute atomic E-state index is 13.1. The molecule has 27 heavy (non-hydrogen) atoms. The summed E-state index contributed by atoms with van der Waals surface area (Å²) in [7, 11) is 0. The molecule has 0 radical (unpaired) electrons. The molecule has 140 valence electrons. The number of halogens is 1. The van der Waals surface area contributed by atoms with E-state index in [1.807, 2.05) is 24.3 Å². The molecule has 7 heteroatoms. The van der Waals surface area contributed by atoms with Crippen molar-refractivity contribution in [3.05, 3.63) is 55.9 Å². The van der Waals surface area contributed by atoms with Gasteiger partial charge in [0.2, 0.25) is 5.91 Å². The standard InChI is InChI=1S/C20H20BrN3O2S/c1-11-3-8-15-16(9-11)27-19-17(15)20(26)24(10-22-19)12(2)18(25)23-14-6-4-13(21)5-7-14/h4-7,10-12H,3,8-9H2,1-2H3,(H,23,25). The van der Waals surface area contributed by atoms with Gasteiger partial charge >= 0.3 is 0 Å². The molecule has 1 aromatic carbocycles. The molecule has 0 saturated heterocycles. The number of carbonyl (C=O) groups is 1. The second kappa shape index (κ2) is 7.20. The highest BCUT2D eigenvalue weighted by molar-refractivity contribution is 9.10. The molecular weight excluding hydrogens is 426 g/mol. The van der Waals surface area contributed by atoms with E-state index in [9.17, 15) is 9.59 Å². The van der Waals surface area contributed by atoms with Gasteiger partial charge in [0.1, 0.15) is 10.9 Å². The van der Waals surface area contributed by atoms with Crippen LogP contribution >= 0.6 is 27.3 Å². The second-order valence-electron chi connectivity index (χ2n) is 7.16. The zero-order valence-electron chi connectivity index (χ0n) is 15.2. The predicted octanol–water partition coefficient (Wildman–Crippen LogP) is 4.55. The van der Waals surface area contributed by atoms with E-state index in [1.165, 1.54) is 15.8 Å². The fraction of sp³-hybridized carbons (Fsp3) is 0.350. The van der Waals surface area contributed by atoms with Crippen LogP contribution in [0.3, 0.4) is 0 Å². The Balaban J connectivity index is 1.66. The van der Waals surface area contributed by atoms with Crippen LogP contribution < -0.4 is 10.9 Å². The second-order valence-corrected chi connectivity index (χ2v) is 9.16. The first-order chi connectivity index (χ1) is 12.9. The first kappa shape index (κ1) is 18.4. The van der Waals surface area contributed by atoms with Crippen molar-refractivity contribution in [2.75, 3.05) is 5.32 Å². The molecule has 0 saturated carbocycles. The van der Waals surface area contributed by atoms with E-state index in [2.05, 4.69) is 33.2 Å². The number of benzene rings is 1. The Bertz CT molecular complexity index is 1070. The Kier molecular flexibility index (Phi) is 4.90. The summed E-state index contributed by atoms with van der Waals surface area (Å²) in [6.45, 7) is 3.97.